The van der Waals surface area contributed by atoms with Gasteiger partial charge in [-0.05, 0) is 12.8 Å². The SMILES string of the molecule is C=CCN(C)C(=O)NC1CC1. The van der Waals surface area contributed by atoms with E-state index in [1.54, 1.807) is 18.0 Å². The molecule has 62 valence electrons. The standard InChI is InChI=1S/C8H14N2O/c1-3-6-10(2)8(11)9-7-4-5-7/h3,7H,1,4-6H2,2H3,(H,9,11). The zero-order valence-corrected chi connectivity index (χ0v) is 6.84. The lowest BCUT2D eigenvalue weighted by atomic mass is 10.5. The normalized spacial score (nSPS) is 15.7. The van der Waals surface area contributed by atoms with Crippen LogP contribution in [0.15, 0.2) is 12.7 Å². The first kappa shape index (κ1) is 8.11. The third kappa shape index (κ3) is 2.62. The summed E-state index contributed by atoms with van der Waals surface area (Å²) in [6.07, 6.45) is 3.98. The number of rotatable bonds is 3. The number of carbonyl (C=O) groups excluding carboxylic acids is 1. The fourth-order valence-electron chi connectivity index (χ4n) is 0.789. The van der Waals surface area contributed by atoms with Gasteiger partial charge in [0.25, 0.3) is 0 Å². The minimum Gasteiger partial charge on any atom is -0.335 e. The number of nitrogens with zero attached hydrogens (tertiary/aromatic N) is 1. The lowest BCUT2D eigenvalue weighted by molar-refractivity contribution is 0.212. The van der Waals surface area contributed by atoms with Crippen molar-refractivity contribution in [3.05, 3.63) is 12.7 Å². The van der Waals surface area contributed by atoms with Crippen molar-refractivity contribution in [1.82, 2.24) is 10.2 Å². The number of urea groups is 1. The summed E-state index contributed by atoms with van der Waals surface area (Å²) in [7, 11) is 1.76. The van der Waals surface area contributed by atoms with Crippen LogP contribution in [0.1, 0.15) is 12.8 Å². The van der Waals surface area contributed by atoms with E-state index in [1.807, 2.05) is 0 Å². The van der Waals surface area contributed by atoms with Gasteiger partial charge in [0.1, 0.15) is 0 Å². The van der Waals surface area contributed by atoms with Gasteiger partial charge in [0.05, 0.1) is 0 Å². The van der Waals surface area contributed by atoms with Crippen LogP contribution in [0.2, 0.25) is 0 Å². The Bertz CT molecular complexity index is 163. The molecule has 1 saturated carbocycles. The minimum atomic E-state index is 0.00685. The Morgan fingerprint density at radius 2 is 2.45 bits per heavy atom. The van der Waals surface area contributed by atoms with Crippen LogP contribution >= 0.6 is 0 Å². The summed E-state index contributed by atoms with van der Waals surface area (Å²) < 4.78 is 0. The van der Waals surface area contributed by atoms with E-state index in [-0.39, 0.29) is 6.03 Å². The molecule has 0 radical (unpaired) electrons. The van der Waals surface area contributed by atoms with E-state index in [0.717, 1.165) is 12.8 Å². The third-order valence-electron chi connectivity index (χ3n) is 1.65. The van der Waals surface area contributed by atoms with Gasteiger partial charge in [0, 0.05) is 19.6 Å². The molecule has 0 saturated heterocycles. The molecule has 0 heterocycles. The topological polar surface area (TPSA) is 32.3 Å². The third-order valence-corrected chi connectivity index (χ3v) is 1.65. The molecule has 11 heavy (non-hydrogen) atoms. The van der Waals surface area contributed by atoms with Crippen molar-refractivity contribution < 1.29 is 4.79 Å². The highest BCUT2D eigenvalue weighted by Gasteiger charge is 2.24. The van der Waals surface area contributed by atoms with Gasteiger partial charge < -0.3 is 10.2 Å². The van der Waals surface area contributed by atoms with E-state index in [1.165, 1.54) is 0 Å². The maximum Gasteiger partial charge on any atom is 0.317 e. The first-order chi connectivity index (χ1) is 5.24. The molecule has 1 aliphatic rings. The van der Waals surface area contributed by atoms with Gasteiger partial charge in [-0.1, -0.05) is 6.08 Å². The average Bonchev–Trinajstić information content (AvgIpc) is 2.72. The zero-order valence-electron chi connectivity index (χ0n) is 6.84. The maximum absolute atomic E-state index is 11.2. The summed E-state index contributed by atoms with van der Waals surface area (Å²) >= 11 is 0. The number of nitrogens with one attached hydrogen (secondary N) is 1. The molecular weight excluding hydrogens is 140 g/mol. The smallest absolute Gasteiger partial charge is 0.317 e. The Morgan fingerprint density at radius 1 is 1.82 bits per heavy atom. The predicted molar refractivity (Wildman–Crippen MR) is 44.4 cm³/mol. The maximum atomic E-state index is 11.2. The van der Waals surface area contributed by atoms with E-state index >= 15 is 0 Å². The Kier molecular flexibility index (Phi) is 2.52. The number of hydrogen-bond donors (Lipinski definition) is 1. The molecule has 0 atom stereocenters. The van der Waals surface area contributed by atoms with Crippen LogP contribution in [-0.4, -0.2) is 30.6 Å². The van der Waals surface area contributed by atoms with E-state index in [9.17, 15) is 4.79 Å². The molecule has 0 spiro atoms. The lowest BCUT2D eigenvalue weighted by Gasteiger charge is -2.14. The summed E-state index contributed by atoms with van der Waals surface area (Å²) in [6, 6.07) is 0.446. The van der Waals surface area contributed by atoms with Crippen molar-refractivity contribution in [3.63, 3.8) is 0 Å². The largest absolute Gasteiger partial charge is 0.335 e. The van der Waals surface area contributed by atoms with Crippen molar-refractivity contribution in [2.24, 2.45) is 0 Å². The molecule has 0 aromatic carbocycles. The summed E-state index contributed by atoms with van der Waals surface area (Å²) in [4.78, 5) is 12.8. The van der Waals surface area contributed by atoms with Crippen LogP contribution in [0.5, 0.6) is 0 Å². The van der Waals surface area contributed by atoms with Crippen LogP contribution in [0.25, 0.3) is 0 Å². The van der Waals surface area contributed by atoms with E-state index in [2.05, 4.69) is 11.9 Å². The number of carbonyl (C=O) groups is 1. The van der Waals surface area contributed by atoms with Gasteiger partial charge in [0.15, 0.2) is 0 Å². The second-order valence-electron chi connectivity index (χ2n) is 2.89. The Balaban J connectivity index is 2.20. The quantitative estimate of drug-likeness (QED) is 0.604. The molecule has 3 heteroatoms. The van der Waals surface area contributed by atoms with Crippen molar-refractivity contribution in [3.8, 4) is 0 Å². The number of likely N-dealkylation sites (N-methyl/N-ethyl adjacent to an activating group) is 1. The van der Waals surface area contributed by atoms with Crippen molar-refractivity contribution in [2.75, 3.05) is 13.6 Å². The van der Waals surface area contributed by atoms with Crippen LogP contribution in [0.4, 0.5) is 4.79 Å². The Morgan fingerprint density at radius 3 is 2.91 bits per heavy atom. The van der Waals surface area contributed by atoms with Crippen molar-refractivity contribution >= 4 is 6.03 Å². The first-order valence-corrected chi connectivity index (χ1v) is 3.86. The number of amides is 2. The van der Waals surface area contributed by atoms with Gasteiger partial charge in [-0.25, -0.2) is 4.79 Å². The highest BCUT2D eigenvalue weighted by Crippen LogP contribution is 2.18. The molecule has 0 unspecified atom stereocenters. The summed E-state index contributed by atoms with van der Waals surface area (Å²) in [6.45, 7) is 4.17. The molecule has 2 amide bonds. The van der Waals surface area contributed by atoms with Crippen molar-refractivity contribution in [1.29, 1.82) is 0 Å². The van der Waals surface area contributed by atoms with Gasteiger partial charge in [-0.3, -0.25) is 0 Å². The monoisotopic (exact) mass is 154 g/mol. The summed E-state index contributed by atoms with van der Waals surface area (Å²) in [5, 5.41) is 2.88. The minimum absolute atomic E-state index is 0.00685. The molecule has 1 N–H and O–H groups in total. The highest BCUT2D eigenvalue weighted by molar-refractivity contribution is 5.74. The zero-order chi connectivity index (χ0) is 8.27. The fraction of sp³-hybridized carbons (Fsp3) is 0.625. The van der Waals surface area contributed by atoms with Crippen LogP contribution < -0.4 is 5.32 Å². The van der Waals surface area contributed by atoms with Crippen molar-refractivity contribution in [2.45, 2.75) is 18.9 Å². The molecule has 0 aliphatic heterocycles. The van der Waals surface area contributed by atoms with Crippen LogP contribution in [0.3, 0.4) is 0 Å². The molecule has 3 nitrogen and oxygen atoms in total. The first-order valence-electron chi connectivity index (χ1n) is 3.86. The second-order valence-corrected chi connectivity index (χ2v) is 2.89. The predicted octanol–water partition coefficient (Wildman–Crippen LogP) is 0.976. The van der Waals surface area contributed by atoms with Gasteiger partial charge >= 0.3 is 6.03 Å². The van der Waals surface area contributed by atoms with Gasteiger partial charge in [-0.15, -0.1) is 6.58 Å². The molecule has 1 fully saturated rings. The van der Waals surface area contributed by atoms with E-state index in [4.69, 9.17) is 0 Å². The summed E-state index contributed by atoms with van der Waals surface area (Å²) in [5.41, 5.74) is 0. The second kappa shape index (κ2) is 3.42. The fourth-order valence-corrected chi connectivity index (χ4v) is 0.789. The lowest BCUT2D eigenvalue weighted by Crippen LogP contribution is -2.38. The summed E-state index contributed by atoms with van der Waals surface area (Å²) in [5.74, 6) is 0. The molecule has 0 bridgehead atoms. The highest BCUT2D eigenvalue weighted by atomic mass is 16.2. The molecule has 0 aromatic rings. The molecule has 1 rings (SSSR count). The van der Waals surface area contributed by atoms with E-state index in [0.29, 0.717) is 12.6 Å². The Labute approximate surface area is 67.1 Å². The van der Waals surface area contributed by atoms with Crippen LogP contribution in [-0.2, 0) is 0 Å². The van der Waals surface area contributed by atoms with Gasteiger partial charge in [-0.2, -0.15) is 0 Å². The molecule has 1 aliphatic carbocycles. The van der Waals surface area contributed by atoms with E-state index < -0.39 is 0 Å². The molecule has 0 aromatic heterocycles. The molecular formula is C8H14N2O. The number of hydrogen-bond acceptors (Lipinski definition) is 1. The Hall–Kier alpha value is -0.990. The van der Waals surface area contributed by atoms with Gasteiger partial charge in [0.2, 0.25) is 0 Å². The van der Waals surface area contributed by atoms with Crippen LogP contribution in [0, 0.1) is 0 Å². The average molecular weight is 154 g/mol.